The molecule has 0 aliphatic carbocycles. The maximum Gasteiger partial charge on any atom is 1.00 e. The molecule has 0 saturated heterocycles. The molecule has 1 aromatic carbocycles. The molecule has 1 atom stereocenters. The Morgan fingerprint density at radius 2 is 1.40 bits per heavy atom. The van der Waals surface area contributed by atoms with Crippen molar-refractivity contribution in [2.24, 2.45) is 0 Å². The first kappa shape index (κ1) is 25.0. The monoisotopic (exact) mass is 432 g/mol. The van der Waals surface area contributed by atoms with Crippen molar-refractivity contribution < 1.29 is 82.2 Å². The molecule has 138 valence electrons. The summed E-state index contributed by atoms with van der Waals surface area (Å²) in [5.41, 5.74) is 0. The van der Waals surface area contributed by atoms with Gasteiger partial charge in [0, 0.05) is 22.0 Å². The van der Waals surface area contributed by atoms with E-state index in [1.54, 1.807) is 0 Å². The second-order valence-electron chi connectivity index (χ2n) is 4.09. The average Bonchev–Trinajstić information content (AvgIpc) is 2.41. The van der Waals surface area contributed by atoms with Gasteiger partial charge < -0.3 is 4.55 Å². The standard InChI is InChI=1S/C10H4F10O2S2.Na/c11-4-1-2-6(5(12)3-4)23-9(17,18)7(13,14)8(15,16)10(19,20)24(21)22;/h1-3H,(H,21,22);/q;+1/p-1. The second-order valence-corrected chi connectivity index (χ2v) is 6.23. The van der Waals surface area contributed by atoms with E-state index in [1.165, 1.54) is 0 Å². The Kier molecular flexibility index (Phi) is 7.92. The Bertz CT molecular complexity index is 655. The molecule has 1 unspecified atom stereocenters. The summed E-state index contributed by atoms with van der Waals surface area (Å²) in [7, 11) is 0. The third-order valence-corrected chi connectivity index (χ3v) is 4.21. The summed E-state index contributed by atoms with van der Waals surface area (Å²) in [5.74, 6) is -17.1. The molecule has 0 spiro atoms. The molecule has 0 aromatic heterocycles. The summed E-state index contributed by atoms with van der Waals surface area (Å²) in [4.78, 5) is -1.46. The first-order valence-electron chi connectivity index (χ1n) is 5.32. The van der Waals surface area contributed by atoms with Crippen molar-refractivity contribution in [1.29, 1.82) is 0 Å². The Morgan fingerprint density at radius 3 is 1.80 bits per heavy atom. The van der Waals surface area contributed by atoms with Gasteiger partial charge >= 0.3 is 51.9 Å². The van der Waals surface area contributed by atoms with Crippen LogP contribution in [0.1, 0.15) is 0 Å². The summed E-state index contributed by atoms with van der Waals surface area (Å²) in [5, 5.41) is -12.6. The fourth-order valence-electron chi connectivity index (χ4n) is 1.23. The van der Waals surface area contributed by atoms with Crippen LogP contribution < -0.4 is 29.6 Å². The molecular weight excluding hydrogens is 429 g/mol. The fourth-order valence-corrected chi connectivity index (χ4v) is 2.39. The third kappa shape index (κ3) is 4.46. The SMILES string of the molecule is O=S([O-])C(F)(F)C(F)(F)C(F)(F)C(F)(F)Sc1ccc(F)cc1F.[Na+]. The number of hydrogen-bond acceptors (Lipinski definition) is 3. The zero-order valence-electron chi connectivity index (χ0n) is 11.6. The third-order valence-electron chi connectivity index (χ3n) is 2.47. The summed E-state index contributed by atoms with van der Waals surface area (Å²) in [6.45, 7) is 0. The minimum absolute atomic E-state index is 0. The smallest absolute Gasteiger partial charge is 0.768 e. The quantitative estimate of drug-likeness (QED) is 0.296. The average molecular weight is 432 g/mol. The summed E-state index contributed by atoms with van der Waals surface area (Å²) >= 11 is -6.76. The number of thioether (sulfide) groups is 1. The minimum Gasteiger partial charge on any atom is -0.768 e. The van der Waals surface area contributed by atoms with Crippen LogP contribution in [0.3, 0.4) is 0 Å². The normalized spacial score (nSPS) is 14.8. The van der Waals surface area contributed by atoms with Gasteiger partial charge in [-0.3, -0.25) is 4.21 Å². The van der Waals surface area contributed by atoms with Gasteiger partial charge in [-0.2, -0.15) is 35.1 Å². The van der Waals surface area contributed by atoms with Crippen LogP contribution >= 0.6 is 11.8 Å². The predicted molar refractivity (Wildman–Crippen MR) is 60.9 cm³/mol. The van der Waals surface area contributed by atoms with Crippen LogP contribution in [0.4, 0.5) is 43.9 Å². The first-order chi connectivity index (χ1) is 10.6. The topological polar surface area (TPSA) is 40.1 Å². The molecule has 0 bridgehead atoms. The Morgan fingerprint density at radius 1 is 0.920 bits per heavy atom. The van der Waals surface area contributed by atoms with E-state index in [9.17, 15) is 52.7 Å². The maximum atomic E-state index is 13.4. The fraction of sp³-hybridized carbons (Fsp3) is 0.400. The van der Waals surface area contributed by atoms with Crippen molar-refractivity contribution in [1.82, 2.24) is 0 Å². The number of alkyl halides is 8. The molecule has 0 N–H and O–H groups in total. The van der Waals surface area contributed by atoms with Crippen molar-refractivity contribution in [3.05, 3.63) is 29.8 Å². The molecule has 1 aromatic rings. The van der Waals surface area contributed by atoms with E-state index in [-0.39, 0.29) is 41.7 Å². The van der Waals surface area contributed by atoms with Gasteiger partial charge in [-0.25, -0.2) is 8.78 Å². The number of benzene rings is 1. The van der Waals surface area contributed by atoms with Crippen molar-refractivity contribution in [3.8, 4) is 0 Å². The van der Waals surface area contributed by atoms with Gasteiger partial charge in [-0.05, 0) is 23.9 Å². The zero-order valence-corrected chi connectivity index (χ0v) is 15.3. The van der Waals surface area contributed by atoms with Crippen molar-refractivity contribution in [2.75, 3.05) is 0 Å². The molecule has 2 nitrogen and oxygen atoms in total. The van der Waals surface area contributed by atoms with E-state index in [1.807, 2.05) is 0 Å². The van der Waals surface area contributed by atoms with Crippen LogP contribution in [0.2, 0.25) is 0 Å². The molecule has 15 heteroatoms. The van der Waals surface area contributed by atoms with Crippen LogP contribution in [0.25, 0.3) is 0 Å². The number of halogens is 10. The Hall–Kier alpha value is -0.0200. The predicted octanol–water partition coefficient (Wildman–Crippen LogP) is 1.40. The van der Waals surface area contributed by atoms with Gasteiger partial charge in [0.05, 0.1) is 0 Å². The number of rotatable bonds is 6. The largest absolute Gasteiger partial charge is 1.00 e. The summed E-state index contributed by atoms with van der Waals surface area (Å²) in [6.07, 6.45) is 0. The van der Waals surface area contributed by atoms with Gasteiger partial charge in [0.25, 0.3) is 0 Å². The van der Waals surface area contributed by atoms with E-state index in [0.29, 0.717) is 6.07 Å². The van der Waals surface area contributed by atoms with E-state index in [2.05, 4.69) is 0 Å². The van der Waals surface area contributed by atoms with Crippen LogP contribution in [-0.4, -0.2) is 31.1 Å². The van der Waals surface area contributed by atoms with Crippen molar-refractivity contribution >= 4 is 22.8 Å². The maximum absolute atomic E-state index is 13.4. The molecule has 1 rings (SSSR count). The number of hydrogen-bond donors (Lipinski definition) is 0. The molecule has 0 aliphatic rings. The van der Waals surface area contributed by atoms with Crippen LogP contribution in [0.5, 0.6) is 0 Å². The van der Waals surface area contributed by atoms with Crippen LogP contribution in [0, 0.1) is 11.6 Å². The molecular formula is C10H3F10NaO2S2. The molecule has 0 radical (unpaired) electrons. The van der Waals surface area contributed by atoms with Gasteiger partial charge in [-0.15, -0.1) is 0 Å². The van der Waals surface area contributed by atoms with Gasteiger partial charge in [-0.1, -0.05) is 0 Å². The van der Waals surface area contributed by atoms with Crippen LogP contribution in [0.15, 0.2) is 23.1 Å². The van der Waals surface area contributed by atoms with Gasteiger partial charge in [0.2, 0.25) is 0 Å². The van der Waals surface area contributed by atoms with Crippen LogP contribution in [-0.2, 0) is 11.1 Å². The van der Waals surface area contributed by atoms with Gasteiger partial charge in [0.15, 0.2) is 0 Å². The molecule has 0 amide bonds. The molecule has 0 aliphatic heterocycles. The van der Waals surface area contributed by atoms with E-state index in [0.717, 1.165) is 0 Å². The Labute approximate surface area is 161 Å². The summed E-state index contributed by atoms with van der Waals surface area (Å²) in [6, 6.07) is 0.455. The van der Waals surface area contributed by atoms with Gasteiger partial charge in [0.1, 0.15) is 11.6 Å². The van der Waals surface area contributed by atoms with E-state index in [4.69, 9.17) is 0 Å². The minimum atomic E-state index is -7.03. The molecule has 0 saturated carbocycles. The molecule has 0 heterocycles. The Balaban J connectivity index is 0.00000576. The molecule has 25 heavy (non-hydrogen) atoms. The zero-order chi connectivity index (χ0) is 19.1. The second kappa shape index (κ2) is 7.92. The summed E-state index contributed by atoms with van der Waals surface area (Å²) < 4.78 is 151. The molecule has 0 fully saturated rings. The van der Waals surface area contributed by atoms with E-state index < -0.39 is 61.7 Å². The van der Waals surface area contributed by atoms with E-state index >= 15 is 0 Å². The van der Waals surface area contributed by atoms with Crippen molar-refractivity contribution in [3.63, 3.8) is 0 Å². The first-order valence-corrected chi connectivity index (χ1v) is 7.21. The van der Waals surface area contributed by atoms with Crippen molar-refractivity contribution in [2.45, 2.75) is 27.2 Å².